The van der Waals surface area contributed by atoms with Crippen molar-refractivity contribution in [2.24, 2.45) is 0 Å². The van der Waals surface area contributed by atoms with Gasteiger partial charge in [-0.1, -0.05) is 33.6 Å². The number of rotatable bonds is 6. The Morgan fingerprint density at radius 2 is 1.93 bits per heavy atom. The van der Waals surface area contributed by atoms with Gasteiger partial charge in [0.1, 0.15) is 11.5 Å². The van der Waals surface area contributed by atoms with Gasteiger partial charge in [-0.15, -0.1) is 0 Å². The first-order chi connectivity index (χ1) is 13.4. The van der Waals surface area contributed by atoms with Gasteiger partial charge in [0, 0.05) is 10.0 Å². The molecule has 0 saturated heterocycles. The third kappa shape index (κ3) is 6.99. The smallest absolute Gasteiger partial charge is 0.276 e. The number of hydrogen-bond acceptors (Lipinski definition) is 5. The number of thiocarbonyl (C=S) groups is 1. The fourth-order valence-electron chi connectivity index (χ4n) is 2.00. The van der Waals surface area contributed by atoms with Crippen LogP contribution >= 0.6 is 39.7 Å². The van der Waals surface area contributed by atoms with Gasteiger partial charge in [-0.2, -0.15) is 0 Å². The molecule has 148 valence electrons. The van der Waals surface area contributed by atoms with Crippen molar-refractivity contribution in [1.29, 1.82) is 0 Å². The van der Waals surface area contributed by atoms with Crippen molar-refractivity contribution in [3.05, 3.63) is 57.5 Å². The minimum absolute atomic E-state index is 0.0677. The van der Waals surface area contributed by atoms with Crippen molar-refractivity contribution in [3.8, 4) is 11.5 Å². The highest BCUT2D eigenvalue weighted by molar-refractivity contribution is 9.10. The second-order valence-electron chi connectivity index (χ2n) is 5.28. The van der Waals surface area contributed by atoms with Gasteiger partial charge < -0.3 is 9.47 Å². The van der Waals surface area contributed by atoms with Crippen molar-refractivity contribution < 1.29 is 19.1 Å². The van der Waals surface area contributed by atoms with Crippen LogP contribution in [0.1, 0.15) is 17.3 Å². The summed E-state index contributed by atoms with van der Waals surface area (Å²) in [5.41, 5.74) is 5.13. The summed E-state index contributed by atoms with van der Waals surface area (Å²) in [6, 6.07) is 11.7. The minimum Gasteiger partial charge on any atom is -0.494 e. The summed E-state index contributed by atoms with van der Waals surface area (Å²) in [6.45, 7) is 2.05. The SMILES string of the molecule is CCOc1cccc(C(=O)NC(=S)NNC(=O)COc2ccc(Br)cc2Cl)c1. The summed E-state index contributed by atoms with van der Waals surface area (Å²) in [6.07, 6.45) is 0. The number of halogens is 2. The van der Waals surface area contributed by atoms with E-state index in [-0.39, 0.29) is 11.7 Å². The molecule has 2 aromatic rings. The van der Waals surface area contributed by atoms with Crippen LogP contribution in [-0.4, -0.2) is 30.1 Å². The normalized spacial score (nSPS) is 9.96. The van der Waals surface area contributed by atoms with Crippen LogP contribution in [0.25, 0.3) is 0 Å². The second-order valence-corrected chi connectivity index (χ2v) is 7.01. The molecule has 2 aromatic carbocycles. The standard InChI is InChI=1S/C18H17BrClN3O4S/c1-2-26-13-5-3-4-11(8-13)17(25)21-18(28)23-22-16(24)10-27-15-7-6-12(19)9-14(15)20/h3-9H,2,10H2,1H3,(H,22,24)(H2,21,23,25,28). The predicted molar refractivity (Wildman–Crippen MR) is 114 cm³/mol. The quantitative estimate of drug-likeness (QED) is 0.429. The Labute approximate surface area is 180 Å². The van der Waals surface area contributed by atoms with E-state index in [9.17, 15) is 9.59 Å². The van der Waals surface area contributed by atoms with Gasteiger partial charge in [0.25, 0.3) is 11.8 Å². The molecule has 0 saturated carbocycles. The van der Waals surface area contributed by atoms with Crippen molar-refractivity contribution in [2.75, 3.05) is 13.2 Å². The average Bonchev–Trinajstić information content (AvgIpc) is 2.66. The number of hydrogen-bond donors (Lipinski definition) is 3. The van der Waals surface area contributed by atoms with Crippen LogP contribution in [0.3, 0.4) is 0 Å². The largest absolute Gasteiger partial charge is 0.494 e. The van der Waals surface area contributed by atoms with Crippen molar-refractivity contribution in [3.63, 3.8) is 0 Å². The molecule has 0 aliphatic rings. The van der Waals surface area contributed by atoms with E-state index in [1.807, 2.05) is 6.92 Å². The van der Waals surface area contributed by atoms with Crippen molar-refractivity contribution >= 4 is 56.7 Å². The van der Waals surface area contributed by atoms with Gasteiger partial charge in [0.2, 0.25) is 0 Å². The highest BCUT2D eigenvalue weighted by atomic mass is 79.9. The molecule has 7 nitrogen and oxygen atoms in total. The molecule has 2 rings (SSSR count). The first kappa shape index (κ1) is 21.9. The first-order valence-corrected chi connectivity index (χ1v) is 9.68. The lowest BCUT2D eigenvalue weighted by molar-refractivity contribution is -0.123. The van der Waals surface area contributed by atoms with E-state index in [1.54, 1.807) is 42.5 Å². The molecule has 0 aromatic heterocycles. The van der Waals surface area contributed by atoms with Crippen LogP contribution in [0.4, 0.5) is 0 Å². The van der Waals surface area contributed by atoms with E-state index in [0.717, 1.165) is 4.47 Å². The van der Waals surface area contributed by atoms with E-state index in [2.05, 4.69) is 32.1 Å². The topological polar surface area (TPSA) is 88.7 Å². The highest BCUT2D eigenvalue weighted by Gasteiger charge is 2.10. The number of hydrazine groups is 1. The molecule has 2 amide bonds. The first-order valence-electron chi connectivity index (χ1n) is 8.10. The summed E-state index contributed by atoms with van der Waals surface area (Å²) in [7, 11) is 0. The summed E-state index contributed by atoms with van der Waals surface area (Å²) >= 11 is 14.3. The van der Waals surface area contributed by atoms with Crippen LogP contribution in [-0.2, 0) is 4.79 Å². The zero-order chi connectivity index (χ0) is 20.5. The number of ether oxygens (including phenoxy) is 2. The van der Waals surface area contributed by atoms with Crippen molar-refractivity contribution in [2.45, 2.75) is 6.92 Å². The molecule has 0 fully saturated rings. The Balaban J connectivity index is 1.77. The Bertz CT molecular complexity index is 882. The lowest BCUT2D eigenvalue weighted by Gasteiger charge is -2.12. The zero-order valence-corrected chi connectivity index (χ0v) is 17.9. The van der Waals surface area contributed by atoms with Crippen LogP contribution in [0.5, 0.6) is 11.5 Å². The highest BCUT2D eigenvalue weighted by Crippen LogP contribution is 2.27. The Morgan fingerprint density at radius 3 is 2.64 bits per heavy atom. The molecule has 0 unspecified atom stereocenters. The minimum atomic E-state index is -0.506. The van der Waals surface area contributed by atoms with Crippen LogP contribution < -0.4 is 25.6 Å². The number of nitrogens with one attached hydrogen (secondary N) is 3. The van der Waals surface area contributed by atoms with Crippen LogP contribution in [0.15, 0.2) is 46.9 Å². The summed E-state index contributed by atoms with van der Waals surface area (Å²) < 4.78 is 11.5. The van der Waals surface area contributed by atoms with Gasteiger partial charge in [-0.3, -0.25) is 25.8 Å². The zero-order valence-electron chi connectivity index (χ0n) is 14.8. The molecule has 0 aliphatic heterocycles. The summed E-state index contributed by atoms with van der Waals surface area (Å²) in [4.78, 5) is 24.0. The molecule has 0 bridgehead atoms. The third-order valence-corrected chi connectivity index (χ3v) is 4.20. The molecule has 0 radical (unpaired) electrons. The lowest BCUT2D eigenvalue weighted by atomic mass is 10.2. The number of carbonyl (C=O) groups excluding carboxylic acids is 2. The van der Waals surface area contributed by atoms with Gasteiger partial charge in [-0.05, 0) is 55.5 Å². The molecule has 3 N–H and O–H groups in total. The molecule has 0 spiro atoms. The monoisotopic (exact) mass is 485 g/mol. The molecule has 10 heteroatoms. The lowest BCUT2D eigenvalue weighted by Crippen LogP contribution is -2.49. The predicted octanol–water partition coefficient (Wildman–Crippen LogP) is 3.22. The maximum absolute atomic E-state index is 12.2. The molecule has 0 aliphatic carbocycles. The van der Waals surface area contributed by atoms with E-state index in [0.29, 0.717) is 28.7 Å². The number of amides is 2. The summed E-state index contributed by atoms with van der Waals surface area (Å²) in [5.74, 6) is -0.00344. The van der Waals surface area contributed by atoms with E-state index in [4.69, 9.17) is 33.3 Å². The summed E-state index contributed by atoms with van der Waals surface area (Å²) in [5, 5.41) is 2.75. The maximum atomic E-state index is 12.2. The van der Waals surface area contributed by atoms with Crippen molar-refractivity contribution in [1.82, 2.24) is 16.2 Å². The fraction of sp³-hybridized carbons (Fsp3) is 0.167. The van der Waals surface area contributed by atoms with E-state index in [1.165, 1.54) is 0 Å². The van der Waals surface area contributed by atoms with E-state index >= 15 is 0 Å². The number of carbonyl (C=O) groups is 2. The second kappa shape index (κ2) is 10.8. The fourth-order valence-corrected chi connectivity index (χ4v) is 2.87. The Kier molecular flexibility index (Phi) is 8.49. The Hall–Kier alpha value is -2.36. The number of benzene rings is 2. The van der Waals surface area contributed by atoms with Gasteiger partial charge >= 0.3 is 0 Å². The molecular formula is C18H17BrClN3O4S. The Morgan fingerprint density at radius 1 is 1.14 bits per heavy atom. The molecular weight excluding hydrogens is 470 g/mol. The van der Waals surface area contributed by atoms with Gasteiger partial charge in [-0.25, -0.2) is 0 Å². The average molecular weight is 487 g/mol. The van der Waals surface area contributed by atoms with Gasteiger partial charge in [0.15, 0.2) is 11.7 Å². The third-order valence-electron chi connectivity index (χ3n) is 3.20. The molecule has 0 atom stereocenters. The van der Waals surface area contributed by atoms with Crippen LogP contribution in [0, 0.1) is 0 Å². The van der Waals surface area contributed by atoms with E-state index < -0.39 is 11.8 Å². The molecule has 0 heterocycles. The molecule has 28 heavy (non-hydrogen) atoms. The van der Waals surface area contributed by atoms with Crippen LogP contribution in [0.2, 0.25) is 5.02 Å². The maximum Gasteiger partial charge on any atom is 0.276 e. The van der Waals surface area contributed by atoms with Gasteiger partial charge in [0.05, 0.1) is 11.6 Å².